The number of hydrogen-bond acceptors (Lipinski definition) is 2. The highest BCUT2D eigenvalue weighted by Crippen LogP contribution is 2.40. The van der Waals surface area contributed by atoms with E-state index in [0.717, 1.165) is 17.9 Å². The molecule has 1 aliphatic carbocycles. The summed E-state index contributed by atoms with van der Waals surface area (Å²) in [5.41, 5.74) is 3.62. The number of rotatable bonds is 4. The highest BCUT2D eigenvalue weighted by molar-refractivity contribution is 5.85. The van der Waals surface area contributed by atoms with E-state index in [4.69, 9.17) is 4.98 Å². The first-order chi connectivity index (χ1) is 12.4. The van der Waals surface area contributed by atoms with E-state index in [1.54, 1.807) is 0 Å². The lowest BCUT2D eigenvalue weighted by molar-refractivity contribution is 0.810. The van der Waals surface area contributed by atoms with Crippen molar-refractivity contribution in [3.63, 3.8) is 0 Å². The fourth-order valence-electron chi connectivity index (χ4n) is 3.47. The first-order valence-corrected chi connectivity index (χ1v) is 8.82. The van der Waals surface area contributed by atoms with Gasteiger partial charge in [0.2, 0.25) is 0 Å². The Hall–Kier alpha value is -2.94. The fourth-order valence-corrected chi connectivity index (χ4v) is 3.47. The van der Waals surface area contributed by atoms with E-state index < -0.39 is 0 Å². The molecule has 0 spiro atoms. The number of pyridine rings is 1. The molecule has 122 valence electrons. The van der Waals surface area contributed by atoms with Crippen LogP contribution >= 0.6 is 0 Å². The molecule has 3 nitrogen and oxygen atoms in total. The number of fused-ring (bicyclic) bond motifs is 1. The van der Waals surface area contributed by atoms with Gasteiger partial charge in [-0.3, -0.25) is 4.98 Å². The molecule has 5 rings (SSSR count). The minimum Gasteiger partial charge on any atom is -0.326 e. The van der Waals surface area contributed by atoms with Crippen molar-refractivity contribution in [3.05, 3.63) is 84.4 Å². The van der Waals surface area contributed by atoms with Gasteiger partial charge >= 0.3 is 0 Å². The fraction of sp³-hybridized carbons (Fsp3) is 0.182. The second-order valence-electron chi connectivity index (χ2n) is 6.77. The molecule has 2 aromatic carbocycles. The predicted molar refractivity (Wildman–Crippen MR) is 100 cm³/mol. The van der Waals surface area contributed by atoms with Gasteiger partial charge in [-0.2, -0.15) is 0 Å². The van der Waals surface area contributed by atoms with Crippen LogP contribution in [0.4, 0.5) is 0 Å². The average molecular weight is 325 g/mol. The van der Waals surface area contributed by atoms with Crippen molar-refractivity contribution >= 4 is 10.8 Å². The number of aromatic nitrogens is 3. The largest absolute Gasteiger partial charge is 0.326 e. The Labute approximate surface area is 147 Å². The number of benzene rings is 2. The monoisotopic (exact) mass is 325 g/mol. The second-order valence-corrected chi connectivity index (χ2v) is 6.77. The maximum Gasteiger partial charge on any atom is 0.142 e. The van der Waals surface area contributed by atoms with Crippen LogP contribution in [-0.2, 0) is 6.54 Å². The predicted octanol–water partition coefficient (Wildman–Crippen LogP) is 5.02. The Morgan fingerprint density at radius 1 is 0.960 bits per heavy atom. The van der Waals surface area contributed by atoms with Crippen LogP contribution in [0.25, 0.3) is 22.2 Å². The van der Waals surface area contributed by atoms with Crippen molar-refractivity contribution in [2.75, 3.05) is 0 Å². The van der Waals surface area contributed by atoms with E-state index in [1.165, 1.54) is 34.9 Å². The van der Waals surface area contributed by atoms with E-state index in [2.05, 4.69) is 64.3 Å². The van der Waals surface area contributed by atoms with Gasteiger partial charge in [0, 0.05) is 36.6 Å². The molecule has 1 fully saturated rings. The summed E-state index contributed by atoms with van der Waals surface area (Å²) in [4.78, 5) is 9.22. The first kappa shape index (κ1) is 14.4. The quantitative estimate of drug-likeness (QED) is 0.527. The molecule has 0 unspecified atom stereocenters. The molecule has 0 radical (unpaired) electrons. The van der Waals surface area contributed by atoms with E-state index in [1.807, 2.05) is 18.5 Å². The number of nitrogens with zero attached hydrogens (tertiary/aromatic N) is 3. The van der Waals surface area contributed by atoms with Crippen LogP contribution in [0, 0.1) is 0 Å². The Morgan fingerprint density at radius 3 is 2.68 bits per heavy atom. The summed E-state index contributed by atoms with van der Waals surface area (Å²) < 4.78 is 2.28. The van der Waals surface area contributed by atoms with Gasteiger partial charge in [-0.05, 0) is 41.3 Å². The van der Waals surface area contributed by atoms with Crippen LogP contribution in [0.5, 0.6) is 0 Å². The molecular weight excluding hydrogens is 306 g/mol. The van der Waals surface area contributed by atoms with E-state index in [9.17, 15) is 0 Å². The third-order valence-corrected chi connectivity index (χ3v) is 4.93. The molecule has 2 heterocycles. The highest BCUT2D eigenvalue weighted by Gasteiger charge is 2.27. The van der Waals surface area contributed by atoms with Crippen LogP contribution in [-0.4, -0.2) is 14.5 Å². The van der Waals surface area contributed by atoms with Gasteiger partial charge in [0.1, 0.15) is 5.82 Å². The molecular formula is C22H19N3. The van der Waals surface area contributed by atoms with Crippen LogP contribution < -0.4 is 0 Å². The topological polar surface area (TPSA) is 30.7 Å². The van der Waals surface area contributed by atoms with E-state index >= 15 is 0 Å². The Kier molecular flexibility index (Phi) is 3.37. The molecule has 1 aliphatic rings. The standard InChI is InChI=1S/C22H19N3/c1-2-9-20-16(5-1)6-3-7-19(20)14-25-15-21(17-10-11-17)24-22(25)18-8-4-12-23-13-18/h1-9,12-13,15,17H,10-11,14H2. The van der Waals surface area contributed by atoms with Gasteiger partial charge in [0.25, 0.3) is 0 Å². The van der Waals surface area contributed by atoms with Crippen molar-refractivity contribution in [2.24, 2.45) is 0 Å². The Morgan fingerprint density at radius 2 is 1.84 bits per heavy atom. The molecule has 3 heteroatoms. The molecule has 25 heavy (non-hydrogen) atoms. The molecule has 4 aromatic rings. The second kappa shape index (κ2) is 5.85. The molecule has 0 atom stereocenters. The average Bonchev–Trinajstić information content (AvgIpc) is 3.44. The molecule has 0 saturated heterocycles. The van der Waals surface area contributed by atoms with Crippen LogP contribution in [0.2, 0.25) is 0 Å². The molecule has 0 bridgehead atoms. The van der Waals surface area contributed by atoms with E-state index in [-0.39, 0.29) is 0 Å². The van der Waals surface area contributed by atoms with Crippen LogP contribution in [0.15, 0.2) is 73.2 Å². The Bertz CT molecular complexity index is 1020. The summed E-state index contributed by atoms with van der Waals surface area (Å²) in [6.45, 7) is 0.825. The van der Waals surface area contributed by atoms with Crippen molar-refractivity contribution in [1.29, 1.82) is 0 Å². The highest BCUT2D eigenvalue weighted by atomic mass is 15.1. The van der Waals surface area contributed by atoms with Gasteiger partial charge in [0.15, 0.2) is 0 Å². The number of hydrogen-bond donors (Lipinski definition) is 0. The zero-order valence-corrected chi connectivity index (χ0v) is 14.0. The van der Waals surface area contributed by atoms with Crippen molar-refractivity contribution in [1.82, 2.24) is 14.5 Å². The normalized spacial score (nSPS) is 14.1. The van der Waals surface area contributed by atoms with Gasteiger partial charge in [-0.15, -0.1) is 0 Å². The molecule has 0 N–H and O–H groups in total. The molecule has 2 aromatic heterocycles. The molecule has 0 amide bonds. The lowest BCUT2D eigenvalue weighted by Crippen LogP contribution is -2.02. The summed E-state index contributed by atoms with van der Waals surface area (Å²) in [5, 5.41) is 2.59. The maximum atomic E-state index is 4.94. The van der Waals surface area contributed by atoms with Gasteiger partial charge < -0.3 is 4.57 Å². The van der Waals surface area contributed by atoms with Gasteiger partial charge in [-0.1, -0.05) is 42.5 Å². The Balaban J connectivity index is 1.61. The summed E-state index contributed by atoms with van der Waals surface area (Å²) >= 11 is 0. The molecule has 1 saturated carbocycles. The first-order valence-electron chi connectivity index (χ1n) is 8.82. The van der Waals surface area contributed by atoms with Crippen molar-refractivity contribution < 1.29 is 0 Å². The van der Waals surface area contributed by atoms with E-state index in [0.29, 0.717) is 5.92 Å². The zero-order valence-electron chi connectivity index (χ0n) is 14.0. The number of imidazole rings is 1. The summed E-state index contributed by atoms with van der Waals surface area (Å²) in [6, 6.07) is 19.2. The van der Waals surface area contributed by atoms with Crippen molar-refractivity contribution in [2.45, 2.75) is 25.3 Å². The lowest BCUT2D eigenvalue weighted by Gasteiger charge is -2.10. The van der Waals surface area contributed by atoms with Gasteiger partial charge in [-0.25, -0.2) is 4.98 Å². The van der Waals surface area contributed by atoms with Gasteiger partial charge in [0.05, 0.1) is 5.69 Å². The summed E-state index contributed by atoms with van der Waals surface area (Å²) in [7, 11) is 0. The molecule has 0 aliphatic heterocycles. The minimum atomic E-state index is 0.643. The summed E-state index contributed by atoms with van der Waals surface area (Å²) in [5.74, 6) is 1.66. The van der Waals surface area contributed by atoms with Crippen LogP contribution in [0.3, 0.4) is 0 Å². The minimum absolute atomic E-state index is 0.643. The maximum absolute atomic E-state index is 4.94. The third kappa shape index (κ3) is 2.72. The van der Waals surface area contributed by atoms with Crippen LogP contribution in [0.1, 0.15) is 30.0 Å². The summed E-state index contributed by atoms with van der Waals surface area (Å²) in [6.07, 6.45) is 8.47. The smallest absolute Gasteiger partial charge is 0.142 e. The lowest BCUT2D eigenvalue weighted by atomic mass is 10.0. The SMILES string of the molecule is c1cncc(-c2nc(C3CC3)cn2Cc2cccc3ccccc23)c1. The van der Waals surface area contributed by atoms with Crippen molar-refractivity contribution in [3.8, 4) is 11.4 Å². The third-order valence-electron chi connectivity index (χ3n) is 4.93. The zero-order chi connectivity index (χ0) is 16.6.